The molecule has 0 saturated heterocycles. The van der Waals surface area contributed by atoms with E-state index in [-0.39, 0.29) is 11.5 Å². The molecule has 0 radical (unpaired) electrons. The minimum absolute atomic E-state index is 0.286. The minimum atomic E-state index is -0.637. The van der Waals surface area contributed by atoms with Crippen LogP contribution in [0.4, 0.5) is 0 Å². The first-order valence-electron chi connectivity index (χ1n) is 13.0. The van der Waals surface area contributed by atoms with Crippen LogP contribution in [-0.2, 0) is 5.41 Å². The second-order valence-electron chi connectivity index (χ2n) is 10.2. The van der Waals surface area contributed by atoms with E-state index in [1.807, 2.05) is 26.0 Å². The highest BCUT2D eigenvalue weighted by atomic mass is 32.1. The Balaban J connectivity index is 1.70. The Morgan fingerprint density at radius 2 is 1.00 bits per heavy atom. The van der Waals surface area contributed by atoms with Gasteiger partial charge in [0.15, 0.2) is 0 Å². The van der Waals surface area contributed by atoms with Gasteiger partial charge < -0.3 is 10.2 Å². The average Bonchev–Trinajstić information content (AvgIpc) is 3.72. The summed E-state index contributed by atoms with van der Waals surface area (Å²) in [6.07, 6.45) is 0. The number of aryl methyl sites for hydroxylation is 2. The number of phenolic OH excluding ortho intramolecular Hbond substituents is 2. The molecule has 4 aromatic carbocycles. The maximum Gasteiger partial charge on any atom is 0.118 e. The van der Waals surface area contributed by atoms with Gasteiger partial charge in [0.25, 0.3) is 0 Å². The van der Waals surface area contributed by atoms with Crippen LogP contribution in [0.1, 0.15) is 33.4 Å². The van der Waals surface area contributed by atoms with Gasteiger partial charge in [-0.1, -0.05) is 72.8 Å². The third-order valence-corrected chi connectivity index (χ3v) is 9.83. The molecule has 2 aromatic heterocycles. The van der Waals surface area contributed by atoms with Crippen LogP contribution < -0.4 is 0 Å². The van der Waals surface area contributed by atoms with Crippen LogP contribution in [-0.4, -0.2) is 10.2 Å². The first-order valence-corrected chi connectivity index (χ1v) is 14.7. The van der Waals surface area contributed by atoms with E-state index in [1.165, 1.54) is 43.1 Å². The molecule has 0 saturated carbocycles. The molecule has 7 rings (SSSR count). The number of phenols is 2. The summed E-state index contributed by atoms with van der Waals surface area (Å²) in [6, 6.07) is 33.9. The van der Waals surface area contributed by atoms with Crippen LogP contribution in [0.25, 0.3) is 32.0 Å². The Bertz CT molecular complexity index is 1710. The summed E-state index contributed by atoms with van der Waals surface area (Å²) < 4.78 is 0. The van der Waals surface area contributed by atoms with Gasteiger partial charge in [0, 0.05) is 9.75 Å². The third kappa shape index (κ3) is 3.45. The number of fused-ring (bicyclic) bond motifs is 3. The van der Waals surface area contributed by atoms with Crippen molar-refractivity contribution in [2.24, 2.45) is 0 Å². The quantitative estimate of drug-likeness (QED) is 0.232. The molecule has 0 amide bonds. The summed E-state index contributed by atoms with van der Waals surface area (Å²) in [5.41, 5.74) is 10.6. The molecule has 2 N–H and O–H groups in total. The zero-order chi connectivity index (χ0) is 26.7. The Hall–Kier alpha value is -4.12. The van der Waals surface area contributed by atoms with E-state index in [1.54, 1.807) is 22.7 Å². The Morgan fingerprint density at radius 3 is 1.38 bits per heavy atom. The third-order valence-electron chi connectivity index (χ3n) is 8.02. The standard InChI is InChI=1S/C35H26O2S2/c1-21-19-23(13-15-29(21)36)35(24-14-16-30(37)22(2)20-24)27-9-3-7-25(31-11-5-17-38-31)33(27)34-26(8-4-10-28(34)35)32-12-6-18-39-32/h3-20,36-37H,1-2H3. The number of hydrogen-bond donors (Lipinski definition) is 2. The lowest BCUT2D eigenvalue weighted by molar-refractivity contribution is 0.470. The molecule has 2 nitrogen and oxygen atoms in total. The maximum atomic E-state index is 10.5. The fourth-order valence-electron chi connectivity index (χ4n) is 6.25. The van der Waals surface area contributed by atoms with Crippen molar-refractivity contribution in [3.05, 3.63) is 141 Å². The highest BCUT2D eigenvalue weighted by molar-refractivity contribution is 7.14. The average molecular weight is 543 g/mol. The second kappa shape index (κ2) is 8.98. The maximum absolute atomic E-state index is 10.5. The Morgan fingerprint density at radius 1 is 0.538 bits per heavy atom. The summed E-state index contributed by atoms with van der Waals surface area (Å²) in [7, 11) is 0. The zero-order valence-electron chi connectivity index (χ0n) is 21.6. The van der Waals surface area contributed by atoms with E-state index in [9.17, 15) is 10.2 Å². The topological polar surface area (TPSA) is 40.5 Å². The van der Waals surface area contributed by atoms with Crippen molar-refractivity contribution in [2.45, 2.75) is 19.3 Å². The zero-order valence-corrected chi connectivity index (χ0v) is 23.2. The molecule has 4 heteroatoms. The van der Waals surface area contributed by atoms with Gasteiger partial charge in [-0.15, -0.1) is 22.7 Å². The lowest BCUT2D eigenvalue weighted by atomic mass is 9.67. The lowest BCUT2D eigenvalue weighted by Crippen LogP contribution is -2.29. The van der Waals surface area contributed by atoms with Crippen LogP contribution in [0.5, 0.6) is 11.5 Å². The molecule has 0 fully saturated rings. The predicted octanol–water partition coefficient (Wildman–Crippen LogP) is 9.53. The molecule has 2 heterocycles. The van der Waals surface area contributed by atoms with Crippen LogP contribution in [0.2, 0.25) is 0 Å². The second-order valence-corrected chi connectivity index (χ2v) is 12.1. The summed E-state index contributed by atoms with van der Waals surface area (Å²) in [6.45, 7) is 3.91. The highest BCUT2D eigenvalue weighted by Gasteiger charge is 2.48. The normalized spacial score (nSPS) is 13.3. The summed E-state index contributed by atoms with van der Waals surface area (Å²) in [5, 5.41) is 25.3. The highest BCUT2D eigenvalue weighted by Crippen LogP contribution is 2.61. The molecular weight excluding hydrogens is 517 g/mol. The molecule has 1 aliphatic rings. The van der Waals surface area contributed by atoms with Crippen molar-refractivity contribution in [2.75, 3.05) is 0 Å². The van der Waals surface area contributed by atoms with E-state index in [4.69, 9.17) is 0 Å². The van der Waals surface area contributed by atoms with Gasteiger partial charge in [0.05, 0.1) is 5.41 Å². The molecule has 0 bridgehead atoms. The van der Waals surface area contributed by atoms with Crippen LogP contribution in [0, 0.1) is 13.8 Å². The Kier molecular flexibility index (Phi) is 5.51. The smallest absolute Gasteiger partial charge is 0.118 e. The van der Waals surface area contributed by atoms with Gasteiger partial charge in [-0.3, -0.25) is 0 Å². The molecule has 0 aliphatic heterocycles. The molecule has 6 aromatic rings. The summed E-state index contributed by atoms with van der Waals surface area (Å²) >= 11 is 3.51. The van der Waals surface area contributed by atoms with E-state index < -0.39 is 5.41 Å². The number of hydrogen-bond acceptors (Lipinski definition) is 4. The van der Waals surface area contributed by atoms with Crippen LogP contribution in [0.15, 0.2) is 108 Å². The Labute approximate surface area is 236 Å². The molecular formula is C35H26O2S2. The molecule has 39 heavy (non-hydrogen) atoms. The van der Waals surface area contributed by atoms with E-state index >= 15 is 0 Å². The first kappa shape index (κ1) is 24.0. The largest absolute Gasteiger partial charge is 0.508 e. The summed E-state index contributed by atoms with van der Waals surface area (Å²) in [5.74, 6) is 0.572. The van der Waals surface area contributed by atoms with E-state index in [0.717, 1.165) is 22.3 Å². The van der Waals surface area contributed by atoms with Gasteiger partial charge in [-0.2, -0.15) is 0 Å². The van der Waals surface area contributed by atoms with Crippen molar-refractivity contribution >= 4 is 22.7 Å². The van der Waals surface area contributed by atoms with Gasteiger partial charge in [0.1, 0.15) is 11.5 Å². The van der Waals surface area contributed by atoms with Crippen molar-refractivity contribution in [3.8, 4) is 43.5 Å². The molecule has 0 unspecified atom stereocenters. The monoisotopic (exact) mass is 542 g/mol. The van der Waals surface area contributed by atoms with E-state index in [0.29, 0.717) is 0 Å². The number of rotatable bonds is 4. The number of aromatic hydroxyl groups is 2. The molecule has 0 spiro atoms. The fourth-order valence-corrected chi connectivity index (χ4v) is 7.77. The molecule has 0 atom stereocenters. The van der Waals surface area contributed by atoms with Crippen molar-refractivity contribution in [3.63, 3.8) is 0 Å². The molecule has 190 valence electrons. The minimum Gasteiger partial charge on any atom is -0.508 e. The summed E-state index contributed by atoms with van der Waals surface area (Å²) in [4.78, 5) is 2.47. The van der Waals surface area contributed by atoms with Gasteiger partial charge in [-0.05, 0) is 105 Å². The number of benzene rings is 4. The van der Waals surface area contributed by atoms with Crippen molar-refractivity contribution in [1.29, 1.82) is 0 Å². The lowest BCUT2D eigenvalue weighted by Gasteiger charge is -2.34. The first-order chi connectivity index (χ1) is 19.0. The van der Waals surface area contributed by atoms with Gasteiger partial charge in [-0.25, -0.2) is 0 Å². The van der Waals surface area contributed by atoms with Gasteiger partial charge in [0.2, 0.25) is 0 Å². The van der Waals surface area contributed by atoms with E-state index in [2.05, 4.69) is 95.7 Å². The van der Waals surface area contributed by atoms with Crippen molar-refractivity contribution < 1.29 is 10.2 Å². The molecule has 1 aliphatic carbocycles. The predicted molar refractivity (Wildman–Crippen MR) is 163 cm³/mol. The van der Waals surface area contributed by atoms with Crippen molar-refractivity contribution in [1.82, 2.24) is 0 Å². The van der Waals surface area contributed by atoms with Crippen LogP contribution in [0.3, 0.4) is 0 Å². The van der Waals surface area contributed by atoms with Gasteiger partial charge >= 0.3 is 0 Å². The van der Waals surface area contributed by atoms with Crippen LogP contribution >= 0.6 is 22.7 Å². The SMILES string of the molecule is Cc1cc(C2(c3ccc(O)c(C)c3)c3cccc(-c4cccs4)c3-c3c(-c4cccs4)cccc32)ccc1O. The number of thiophene rings is 2. The fraction of sp³-hybridized carbons (Fsp3) is 0.0857.